The molecular formula is C8H18INO2S. The minimum absolute atomic E-state index is 0.402. The van der Waals surface area contributed by atoms with Crippen LogP contribution in [0.5, 0.6) is 0 Å². The SMILES string of the molecule is C=CCC[C@@H](CC)S(N)(=O)=O.CI. The van der Waals surface area contributed by atoms with Gasteiger partial charge >= 0.3 is 0 Å². The fourth-order valence-corrected chi connectivity index (χ4v) is 1.83. The molecule has 0 saturated carbocycles. The third kappa shape index (κ3) is 8.70. The predicted molar refractivity (Wildman–Crippen MR) is 66.6 cm³/mol. The molecule has 1 atom stereocenters. The second-order valence-corrected chi connectivity index (χ2v) is 4.33. The predicted octanol–water partition coefficient (Wildman–Crippen LogP) is 2.07. The number of rotatable bonds is 5. The molecular weight excluding hydrogens is 301 g/mol. The highest BCUT2D eigenvalue weighted by atomic mass is 127. The number of primary sulfonamides is 1. The molecule has 0 aromatic carbocycles. The van der Waals surface area contributed by atoms with Crippen molar-refractivity contribution in [1.29, 1.82) is 0 Å². The van der Waals surface area contributed by atoms with Gasteiger partial charge in [-0.3, -0.25) is 0 Å². The van der Waals surface area contributed by atoms with Crippen LogP contribution in [0.1, 0.15) is 26.2 Å². The van der Waals surface area contributed by atoms with Crippen molar-refractivity contribution in [3.8, 4) is 0 Å². The summed E-state index contributed by atoms with van der Waals surface area (Å²) in [5.74, 6) is 0. The lowest BCUT2D eigenvalue weighted by Crippen LogP contribution is -2.27. The largest absolute Gasteiger partial charge is 0.228 e. The molecule has 13 heavy (non-hydrogen) atoms. The van der Waals surface area contributed by atoms with Gasteiger partial charge in [0.05, 0.1) is 5.25 Å². The van der Waals surface area contributed by atoms with Gasteiger partial charge < -0.3 is 0 Å². The lowest BCUT2D eigenvalue weighted by Gasteiger charge is -2.09. The first-order valence-electron chi connectivity index (χ1n) is 4.02. The summed E-state index contributed by atoms with van der Waals surface area (Å²) in [6, 6.07) is 0. The van der Waals surface area contributed by atoms with Crippen LogP contribution < -0.4 is 5.14 Å². The van der Waals surface area contributed by atoms with Crippen LogP contribution in [0, 0.1) is 0 Å². The van der Waals surface area contributed by atoms with Crippen LogP contribution >= 0.6 is 22.6 Å². The van der Waals surface area contributed by atoms with Crippen LogP contribution in [-0.4, -0.2) is 18.6 Å². The molecule has 0 unspecified atom stereocenters. The van der Waals surface area contributed by atoms with Gasteiger partial charge in [-0.15, -0.1) is 6.58 Å². The Balaban J connectivity index is 0. The average Bonchev–Trinajstić information content (AvgIpc) is 2.07. The van der Waals surface area contributed by atoms with E-state index in [1.807, 2.05) is 11.9 Å². The topological polar surface area (TPSA) is 60.2 Å². The van der Waals surface area contributed by atoms with Gasteiger partial charge in [-0.25, -0.2) is 13.6 Å². The number of hydrogen-bond donors (Lipinski definition) is 1. The van der Waals surface area contributed by atoms with Crippen LogP contribution in [0.15, 0.2) is 12.7 Å². The van der Waals surface area contributed by atoms with Crippen molar-refractivity contribution in [2.75, 3.05) is 4.93 Å². The van der Waals surface area contributed by atoms with Crippen LogP contribution in [0.25, 0.3) is 0 Å². The summed E-state index contributed by atoms with van der Waals surface area (Å²) < 4.78 is 21.6. The number of hydrogen-bond acceptors (Lipinski definition) is 2. The number of allylic oxidation sites excluding steroid dienone is 1. The van der Waals surface area contributed by atoms with E-state index in [4.69, 9.17) is 5.14 Å². The summed E-state index contributed by atoms with van der Waals surface area (Å²) >= 11 is 2.15. The van der Waals surface area contributed by atoms with Crippen molar-refractivity contribution in [2.45, 2.75) is 31.4 Å². The van der Waals surface area contributed by atoms with Gasteiger partial charge in [-0.05, 0) is 24.2 Å². The minimum atomic E-state index is -3.33. The molecule has 0 bridgehead atoms. The summed E-state index contributed by atoms with van der Waals surface area (Å²) in [7, 11) is -3.33. The Morgan fingerprint density at radius 3 is 2.23 bits per heavy atom. The molecule has 0 aliphatic heterocycles. The summed E-state index contributed by atoms with van der Waals surface area (Å²) in [5.41, 5.74) is 0. The Bertz CT molecular complexity index is 214. The molecule has 2 N–H and O–H groups in total. The third-order valence-electron chi connectivity index (χ3n) is 1.61. The van der Waals surface area contributed by atoms with Crippen molar-refractivity contribution in [1.82, 2.24) is 0 Å². The van der Waals surface area contributed by atoms with Crippen LogP contribution in [-0.2, 0) is 10.0 Å². The molecule has 0 aliphatic rings. The lowest BCUT2D eigenvalue weighted by atomic mass is 10.2. The Hall–Kier alpha value is 0.380. The van der Waals surface area contributed by atoms with Crippen molar-refractivity contribution >= 4 is 32.6 Å². The number of alkyl halides is 1. The van der Waals surface area contributed by atoms with E-state index in [0.717, 1.165) is 0 Å². The monoisotopic (exact) mass is 319 g/mol. The highest BCUT2D eigenvalue weighted by Gasteiger charge is 2.17. The standard InChI is InChI=1S/C7H15NO2S.CH3I/c1-3-5-6-7(4-2)11(8,9)10;1-2/h3,7H,1,4-6H2,2H3,(H2,8,9,10);1H3/t7-;/m1./s1. The van der Waals surface area contributed by atoms with E-state index >= 15 is 0 Å². The summed E-state index contributed by atoms with van der Waals surface area (Å²) in [4.78, 5) is 1.97. The fraction of sp³-hybridized carbons (Fsp3) is 0.750. The molecule has 5 heteroatoms. The van der Waals surface area contributed by atoms with E-state index < -0.39 is 15.3 Å². The second kappa shape index (κ2) is 8.96. The third-order valence-corrected chi connectivity index (χ3v) is 3.11. The first-order valence-corrected chi connectivity index (χ1v) is 7.79. The van der Waals surface area contributed by atoms with Crippen molar-refractivity contribution in [2.24, 2.45) is 5.14 Å². The normalized spacial score (nSPS) is 12.6. The Morgan fingerprint density at radius 1 is 1.54 bits per heavy atom. The molecule has 0 rings (SSSR count). The van der Waals surface area contributed by atoms with Crippen LogP contribution in [0.2, 0.25) is 0 Å². The Labute approximate surface area is 95.0 Å². The fourth-order valence-electron chi connectivity index (χ4n) is 0.904. The molecule has 0 saturated heterocycles. The summed E-state index contributed by atoms with van der Waals surface area (Å²) in [5, 5.41) is 4.57. The van der Waals surface area contributed by atoms with E-state index in [0.29, 0.717) is 19.3 Å². The van der Waals surface area contributed by atoms with Gasteiger partial charge in [0.2, 0.25) is 10.0 Å². The molecule has 0 amide bonds. The van der Waals surface area contributed by atoms with E-state index in [2.05, 4.69) is 29.2 Å². The molecule has 0 radical (unpaired) electrons. The molecule has 0 aromatic heterocycles. The number of halogens is 1. The van der Waals surface area contributed by atoms with E-state index in [-0.39, 0.29) is 0 Å². The zero-order valence-corrected chi connectivity index (χ0v) is 11.1. The maximum Gasteiger partial charge on any atom is 0.211 e. The Morgan fingerprint density at radius 2 is 2.00 bits per heavy atom. The second-order valence-electron chi connectivity index (χ2n) is 2.49. The van der Waals surface area contributed by atoms with Gasteiger partial charge in [0, 0.05) is 0 Å². The highest BCUT2D eigenvalue weighted by molar-refractivity contribution is 14.1. The number of nitrogens with two attached hydrogens (primary N) is 1. The lowest BCUT2D eigenvalue weighted by molar-refractivity contribution is 0.569. The minimum Gasteiger partial charge on any atom is -0.228 e. The van der Waals surface area contributed by atoms with E-state index in [1.54, 1.807) is 6.08 Å². The molecule has 0 aromatic rings. The van der Waals surface area contributed by atoms with Gasteiger partial charge in [-0.2, -0.15) is 0 Å². The van der Waals surface area contributed by atoms with E-state index in [9.17, 15) is 8.42 Å². The molecule has 0 fully saturated rings. The van der Waals surface area contributed by atoms with Crippen LogP contribution in [0.3, 0.4) is 0 Å². The molecule has 0 heterocycles. The van der Waals surface area contributed by atoms with E-state index in [1.165, 1.54) is 0 Å². The van der Waals surface area contributed by atoms with Crippen molar-refractivity contribution in [3.63, 3.8) is 0 Å². The molecule has 0 aliphatic carbocycles. The summed E-state index contributed by atoms with van der Waals surface area (Å²) in [6.45, 7) is 5.33. The highest BCUT2D eigenvalue weighted by Crippen LogP contribution is 2.09. The Kier molecular flexibility index (Phi) is 10.9. The van der Waals surface area contributed by atoms with Crippen LogP contribution in [0.4, 0.5) is 0 Å². The van der Waals surface area contributed by atoms with Gasteiger partial charge in [-0.1, -0.05) is 35.6 Å². The molecule has 0 spiro atoms. The zero-order chi connectivity index (χ0) is 10.9. The van der Waals surface area contributed by atoms with Crippen molar-refractivity contribution in [3.05, 3.63) is 12.7 Å². The first kappa shape index (κ1) is 15.8. The van der Waals surface area contributed by atoms with Gasteiger partial charge in [0.1, 0.15) is 0 Å². The molecule has 80 valence electrons. The summed E-state index contributed by atoms with van der Waals surface area (Å²) in [6.07, 6.45) is 3.56. The van der Waals surface area contributed by atoms with Crippen molar-refractivity contribution < 1.29 is 8.42 Å². The maximum atomic E-state index is 10.8. The first-order chi connectivity index (χ1) is 6.02. The molecule has 3 nitrogen and oxygen atoms in total. The smallest absolute Gasteiger partial charge is 0.211 e. The quantitative estimate of drug-likeness (QED) is 0.479. The zero-order valence-electron chi connectivity index (χ0n) is 8.16. The average molecular weight is 319 g/mol. The maximum absolute atomic E-state index is 10.8. The van der Waals surface area contributed by atoms with Gasteiger partial charge in [0.15, 0.2) is 0 Å². The number of sulfonamides is 1. The van der Waals surface area contributed by atoms with Gasteiger partial charge in [0.25, 0.3) is 0 Å².